The van der Waals surface area contributed by atoms with Crippen LogP contribution in [0.15, 0.2) is 30.3 Å². The van der Waals surface area contributed by atoms with E-state index in [0.29, 0.717) is 17.4 Å². The molecule has 112 valence electrons. The Labute approximate surface area is 124 Å². The second-order valence-electron chi connectivity index (χ2n) is 8.18. The van der Waals surface area contributed by atoms with Crippen molar-refractivity contribution in [3.63, 3.8) is 0 Å². The fraction of sp³-hybridized carbons (Fsp3) is 0.667. The maximum absolute atomic E-state index is 6.18. The third-order valence-corrected chi connectivity index (χ3v) is 4.49. The molecule has 0 atom stereocenters. The molecule has 0 aromatic heterocycles. The van der Waals surface area contributed by atoms with E-state index in [1.165, 1.54) is 12.0 Å². The van der Waals surface area contributed by atoms with Gasteiger partial charge in [-0.05, 0) is 35.7 Å². The SMILES string of the molecule is CC1(C)CC(C)(C)CC(CN)(NCc2ccccc2)C1. The third-order valence-electron chi connectivity index (χ3n) is 4.49. The summed E-state index contributed by atoms with van der Waals surface area (Å²) in [6.07, 6.45) is 3.59. The standard InChI is InChI=1S/C18H30N2/c1-16(2)11-17(3,4)13-18(12-16,14-19)20-10-15-8-6-5-7-9-15/h5-9,20H,10-14,19H2,1-4H3. The molecule has 0 saturated heterocycles. The van der Waals surface area contributed by atoms with Crippen molar-refractivity contribution < 1.29 is 0 Å². The fourth-order valence-electron chi connectivity index (χ4n) is 4.54. The van der Waals surface area contributed by atoms with Gasteiger partial charge in [0.25, 0.3) is 0 Å². The van der Waals surface area contributed by atoms with Gasteiger partial charge in [0, 0.05) is 18.6 Å². The monoisotopic (exact) mass is 274 g/mol. The van der Waals surface area contributed by atoms with E-state index in [4.69, 9.17) is 5.73 Å². The van der Waals surface area contributed by atoms with Gasteiger partial charge in [0.05, 0.1) is 0 Å². The van der Waals surface area contributed by atoms with Gasteiger partial charge in [0.1, 0.15) is 0 Å². The molecule has 1 saturated carbocycles. The molecule has 2 heteroatoms. The second kappa shape index (κ2) is 5.50. The largest absolute Gasteiger partial charge is 0.329 e. The molecule has 0 bridgehead atoms. The summed E-state index contributed by atoms with van der Waals surface area (Å²) < 4.78 is 0. The van der Waals surface area contributed by atoms with Crippen molar-refractivity contribution >= 4 is 0 Å². The Bertz CT molecular complexity index is 418. The van der Waals surface area contributed by atoms with Crippen molar-refractivity contribution in [2.75, 3.05) is 6.54 Å². The van der Waals surface area contributed by atoms with Crippen molar-refractivity contribution in [2.24, 2.45) is 16.6 Å². The predicted octanol–water partition coefficient (Wildman–Crippen LogP) is 3.71. The minimum Gasteiger partial charge on any atom is -0.329 e. The molecular formula is C18H30N2. The van der Waals surface area contributed by atoms with E-state index in [9.17, 15) is 0 Å². The summed E-state index contributed by atoms with van der Waals surface area (Å²) in [5, 5.41) is 3.79. The maximum Gasteiger partial charge on any atom is 0.0317 e. The van der Waals surface area contributed by atoms with Crippen LogP contribution >= 0.6 is 0 Å². The van der Waals surface area contributed by atoms with Crippen molar-refractivity contribution in [1.82, 2.24) is 5.32 Å². The van der Waals surface area contributed by atoms with Crippen LogP contribution in [0.5, 0.6) is 0 Å². The number of nitrogens with two attached hydrogens (primary N) is 1. The highest BCUT2D eigenvalue weighted by molar-refractivity contribution is 5.15. The maximum atomic E-state index is 6.18. The van der Waals surface area contributed by atoms with Gasteiger partial charge in [-0.25, -0.2) is 0 Å². The molecular weight excluding hydrogens is 244 g/mol. The molecule has 0 unspecified atom stereocenters. The Morgan fingerprint density at radius 2 is 1.50 bits per heavy atom. The van der Waals surface area contributed by atoms with Crippen LogP contribution in [0.25, 0.3) is 0 Å². The Balaban J connectivity index is 2.12. The fourth-order valence-corrected chi connectivity index (χ4v) is 4.54. The molecule has 1 aromatic carbocycles. The van der Waals surface area contributed by atoms with Crippen LogP contribution in [0, 0.1) is 10.8 Å². The number of rotatable bonds is 4. The van der Waals surface area contributed by atoms with Crippen LogP contribution < -0.4 is 11.1 Å². The first-order chi connectivity index (χ1) is 9.26. The second-order valence-corrected chi connectivity index (χ2v) is 8.18. The van der Waals surface area contributed by atoms with Gasteiger partial charge in [-0.2, -0.15) is 0 Å². The Morgan fingerprint density at radius 3 is 2.00 bits per heavy atom. The summed E-state index contributed by atoms with van der Waals surface area (Å²) in [5.74, 6) is 0. The van der Waals surface area contributed by atoms with E-state index >= 15 is 0 Å². The number of benzene rings is 1. The van der Waals surface area contributed by atoms with E-state index in [1.54, 1.807) is 0 Å². The summed E-state index contributed by atoms with van der Waals surface area (Å²) in [6.45, 7) is 11.1. The molecule has 2 nitrogen and oxygen atoms in total. The van der Waals surface area contributed by atoms with Crippen LogP contribution in [-0.4, -0.2) is 12.1 Å². The van der Waals surface area contributed by atoms with Gasteiger partial charge in [0.2, 0.25) is 0 Å². The van der Waals surface area contributed by atoms with Crippen molar-refractivity contribution in [3.8, 4) is 0 Å². The van der Waals surface area contributed by atoms with Crippen LogP contribution in [0.4, 0.5) is 0 Å². The first kappa shape index (κ1) is 15.5. The molecule has 1 aliphatic carbocycles. The zero-order chi connectivity index (χ0) is 14.9. The van der Waals surface area contributed by atoms with Crippen LogP contribution in [-0.2, 0) is 6.54 Å². The predicted molar refractivity (Wildman–Crippen MR) is 86.5 cm³/mol. The van der Waals surface area contributed by atoms with Gasteiger partial charge >= 0.3 is 0 Å². The average Bonchev–Trinajstić information content (AvgIpc) is 2.34. The number of hydrogen-bond donors (Lipinski definition) is 2. The summed E-state index contributed by atoms with van der Waals surface area (Å²) in [5.41, 5.74) is 8.29. The van der Waals surface area contributed by atoms with Gasteiger partial charge in [-0.3, -0.25) is 0 Å². The van der Waals surface area contributed by atoms with Gasteiger partial charge in [-0.1, -0.05) is 58.0 Å². The van der Waals surface area contributed by atoms with Crippen LogP contribution in [0.1, 0.15) is 52.5 Å². The smallest absolute Gasteiger partial charge is 0.0317 e. The zero-order valence-corrected chi connectivity index (χ0v) is 13.5. The minimum atomic E-state index is 0.0705. The zero-order valence-electron chi connectivity index (χ0n) is 13.5. The quantitative estimate of drug-likeness (QED) is 0.878. The van der Waals surface area contributed by atoms with E-state index in [-0.39, 0.29) is 5.54 Å². The topological polar surface area (TPSA) is 38.0 Å². The molecule has 0 aliphatic heterocycles. The van der Waals surface area contributed by atoms with E-state index in [1.807, 2.05) is 0 Å². The molecule has 0 amide bonds. The lowest BCUT2D eigenvalue weighted by atomic mass is 9.58. The lowest BCUT2D eigenvalue weighted by molar-refractivity contribution is 0.0315. The minimum absolute atomic E-state index is 0.0705. The molecule has 1 aliphatic rings. The number of nitrogens with one attached hydrogen (secondary N) is 1. The molecule has 3 N–H and O–H groups in total. The Hall–Kier alpha value is -0.860. The summed E-state index contributed by atoms with van der Waals surface area (Å²) in [6, 6.07) is 10.6. The summed E-state index contributed by atoms with van der Waals surface area (Å²) >= 11 is 0. The van der Waals surface area contributed by atoms with E-state index in [0.717, 1.165) is 19.4 Å². The van der Waals surface area contributed by atoms with Crippen LogP contribution in [0.2, 0.25) is 0 Å². The molecule has 0 spiro atoms. The van der Waals surface area contributed by atoms with Gasteiger partial charge < -0.3 is 11.1 Å². The van der Waals surface area contributed by atoms with Crippen molar-refractivity contribution in [1.29, 1.82) is 0 Å². The highest BCUT2D eigenvalue weighted by atomic mass is 15.0. The first-order valence-corrected chi connectivity index (χ1v) is 7.75. The Kier molecular flexibility index (Phi) is 4.27. The lowest BCUT2D eigenvalue weighted by Crippen LogP contribution is -2.58. The number of hydrogen-bond acceptors (Lipinski definition) is 2. The highest BCUT2D eigenvalue weighted by Crippen LogP contribution is 2.49. The van der Waals surface area contributed by atoms with Gasteiger partial charge in [0.15, 0.2) is 0 Å². The molecule has 2 rings (SSSR count). The first-order valence-electron chi connectivity index (χ1n) is 7.75. The van der Waals surface area contributed by atoms with E-state index in [2.05, 4.69) is 63.3 Å². The summed E-state index contributed by atoms with van der Waals surface area (Å²) in [7, 11) is 0. The van der Waals surface area contributed by atoms with Crippen molar-refractivity contribution in [3.05, 3.63) is 35.9 Å². The normalized spacial score (nSPS) is 23.4. The molecule has 0 radical (unpaired) electrons. The molecule has 1 fully saturated rings. The highest BCUT2D eigenvalue weighted by Gasteiger charge is 2.46. The molecule has 0 heterocycles. The third kappa shape index (κ3) is 3.83. The molecule has 1 aromatic rings. The average molecular weight is 274 g/mol. The molecule has 20 heavy (non-hydrogen) atoms. The Morgan fingerprint density at radius 1 is 0.950 bits per heavy atom. The summed E-state index contributed by atoms with van der Waals surface area (Å²) in [4.78, 5) is 0. The lowest BCUT2D eigenvalue weighted by Gasteiger charge is -2.52. The van der Waals surface area contributed by atoms with E-state index < -0.39 is 0 Å². The van der Waals surface area contributed by atoms with Gasteiger partial charge in [-0.15, -0.1) is 0 Å². The van der Waals surface area contributed by atoms with Crippen molar-refractivity contribution in [2.45, 2.75) is 59.0 Å². The van der Waals surface area contributed by atoms with Crippen LogP contribution in [0.3, 0.4) is 0 Å².